The van der Waals surface area contributed by atoms with Crippen molar-refractivity contribution in [3.8, 4) is 5.75 Å². The van der Waals surface area contributed by atoms with E-state index >= 15 is 0 Å². The minimum absolute atomic E-state index is 0.120. The minimum atomic E-state index is -1.42. The highest BCUT2D eigenvalue weighted by atomic mass is 35.5. The third-order valence-corrected chi connectivity index (χ3v) is 6.62. The van der Waals surface area contributed by atoms with Crippen LogP contribution in [0.15, 0.2) is 24.5 Å². The minimum Gasteiger partial charge on any atom is -0.487 e. The molecule has 186 valence electrons. The van der Waals surface area contributed by atoms with Crippen LogP contribution in [0.3, 0.4) is 0 Å². The van der Waals surface area contributed by atoms with Gasteiger partial charge in [0.1, 0.15) is 29.6 Å². The number of hydrogen-bond donors (Lipinski definition) is 4. The summed E-state index contributed by atoms with van der Waals surface area (Å²) in [5.74, 6) is 0.574. The molecule has 0 spiro atoms. The van der Waals surface area contributed by atoms with Crippen LogP contribution in [0.25, 0.3) is 11.2 Å². The second kappa shape index (κ2) is 9.28. The summed E-state index contributed by atoms with van der Waals surface area (Å²) in [6.07, 6.45) is -3.87. The Morgan fingerprint density at radius 1 is 1.26 bits per heavy atom. The van der Waals surface area contributed by atoms with Crippen molar-refractivity contribution < 1.29 is 24.5 Å². The van der Waals surface area contributed by atoms with E-state index in [1.807, 2.05) is 4.90 Å². The number of amides is 1. The van der Waals surface area contributed by atoms with Crippen LogP contribution in [-0.2, 0) is 9.53 Å². The lowest BCUT2D eigenvalue weighted by atomic mass is 10.1. The Morgan fingerprint density at radius 2 is 2.03 bits per heavy atom. The lowest BCUT2D eigenvalue weighted by Gasteiger charge is -2.39. The molecule has 14 heteroatoms. The lowest BCUT2D eigenvalue weighted by Crippen LogP contribution is -2.54. The maximum absolute atomic E-state index is 12.2. The molecule has 2 aromatic heterocycles. The number of aliphatic hydroxyl groups is 2. The number of imidazole rings is 1. The molecule has 4 heterocycles. The van der Waals surface area contributed by atoms with Gasteiger partial charge < -0.3 is 35.6 Å². The van der Waals surface area contributed by atoms with E-state index in [0.717, 1.165) is 0 Å². The Balaban J connectivity index is 1.34. The van der Waals surface area contributed by atoms with Crippen molar-refractivity contribution in [2.45, 2.75) is 37.6 Å². The van der Waals surface area contributed by atoms with Crippen molar-refractivity contribution in [1.82, 2.24) is 24.8 Å². The van der Waals surface area contributed by atoms with E-state index in [4.69, 9.17) is 38.4 Å². The zero-order valence-electron chi connectivity index (χ0n) is 18.5. The molecule has 2 aliphatic rings. The SMILES string of the molecule is CCNC(=O)[C@H]1O[C@@H](n2cnc3c(N)nc(N4CC(Oc5ccc(Cl)c(Cl)c5)C4)nc32)[C@H](O)[C@@H]1O. The lowest BCUT2D eigenvalue weighted by molar-refractivity contribution is -0.137. The van der Waals surface area contributed by atoms with E-state index in [9.17, 15) is 15.0 Å². The van der Waals surface area contributed by atoms with Crippen LogP contribution in [-0.4, -0.2) is 79.7 Å². The van der Waals surface area contributed by atoms with Gasteiger partial charge >= 0.3 is 0 Å². The van der Waals surface area contributed by atoms with Crippen molar-refractivity contribution in [2.24, 2.45) is 0 Å². The van der Waals surface area contributed by atoms with E-state index in [-0.39, 0.29) is 11.9 Å². The molecule has 0 aliphatic carbocycles. The zero-order valence-corrected chi connectivity index (χ0v) is 20.0. The van der Waals surface area contributed by atoms with Crippen LogP contribution >= 0.6 is 23.2 Å². The summed E-state index contributed by atoms with van der Waals surface area (Å²) in [5.41, 5.74) is 6.73. The fraction of sp³-hybridized carbons (Fsp3) is 0.429. The fourth-order valence-corrected chi connectivity index (χ4v) is 4.34. The van der Waals surface area contributed by atoms with Gasteiger partial charge in [0, 0.05) is 12.6 Å². The quantitative estimate of drug-likeness (QED) is 0.362. The normalized spacial score (nSPS) is 24.5. The highest BCUT2D eigenvalue weighted by Crippen LogP contribution is 2.34. The molecule has 0 bridgehead atoms. The molecule has 5 N–H and O–H groups in total. The molecule has 35 heavy (non-hydrogen) atoms. The first-order valence-corrected chi connectivity index (χ1v) is 11.7. The topological polar surface area (TPSA) is 161 Å². The van der Waals surface area contributed by atoms with Crippen LogP contribution in [0.2, 0.25) is 10.0 Å². The molecule has 5 rings (SSSR count). The van der Waals surface area contributed by atoms with E-state index < -0.39 is 30.4 Å². The van der Waals surface area contributed by atoms with Crippen molar-refractivity contribution in [1.29, 1.82) is 0 Å². The first-order valence-electron chi connectivity index (χ1n) is 10.9. The first kappa shape index (κ1) is 23.8. The molecule has 1 aromatic carbocycles. The number of carbonyl (C=O) groups is 1. The fourth-order valence-electron chi connectivity index (χ4n) is 4.05. The molecule has 4 atom stereocenters. The van der Waals surface area contributed by atoms with E-state index in [1.165, 1.54) is 10.9 Å². The number of nitrogen functional groups attached to an aromatic ring is 1. The Bertz CT molecular complexity index is 1270. The van der Waals surface area contributed by atoms with Crippen molar-refractivity contribution in [3.63, 3.8) is 0 Å². The van der Waals surface area contributed by atoms with Gasteiger partial charge in [0.15, 0.2) is 23.8 Å². The Morgan fingerprint density at radius 3 is 2.74 bits per heavy atom. The van der Waals surface area contributed by atoms with Gasteiger partial charge in [-0.1, -0.05) is 23.2 Å². The highest BCUT2D eigenvalue weighted by Gasteiger charge is 2.47. The molecule has 0 saturated carbocycles. The number of aromatic nitrogens is 4. The number of nitrogens with zero attached hydrogens (tertiary/aromatic N) is 5. The smallest absolute Gasteiger partial charge is 0.252 e. The van der Waals surface area contributed by atoms with Gasteiger partial charge in [0.05, 0.1) is 29.5 Å². The summed E-state index contributed by atoms with van der Waals surface area (Å²) in [6.45, 7) is 3.10. The van der Waals surface area contributed by atoms with E-state index in [1.54, 1.807) is 25.1 Å². The van der Waals surface area contributed by atoms with Gasteiger partial charge in [0.2, 0.25) is 5.95 Å². The number of nitrogens with two attached hydrogens (primary N) is 1. The Kier molecular flexibility index (Phi) is 6.32. The maximum atomic E-state index is 12.2. The molecular formula is C21H23Cl2N7O5. The van der Waals surface area contributed by atoms with Crippen molar-refractivity contribution >= 4 is 52.0 Å². The third-order valence-electron chi connectivity index (χ3n) is 5.88. The number of fused-ring (bicyclic) bond motifs is 1. The number of anilines is 2. The Hall–Kier alpha value is -2.90. The van der Waals surface area contributed by atoms with Crippen LogP contribution in [0.1, 0.15) is 13.2 Å². The van der Waals surface area contributed by atoms with Gasteiger partial charge in [-0.25, -0.2) is 4.98 Å². The summed E-state index contributed by atoms with van der Waals surface area (Å²) >= 11 is 12.0. The summed E-state index contributed by atoms with van der Waals surface area (Å²) in [6, 6.07) is 5.06. The molecule has 1 amide bonds. The van der Waals surface area contributed by atoms with Crippen LogP contribution in [0.5, 0.6) is 5.75 Å². The number of likely N-dealkylation sites (N-methyl/N-ethyl adjacent to an activating group) is 1. The number of ether oxygens (including phenoxy) is 2. The van der Waals surface area contributed by atoms with Crippen LogP contribution in [0, 0.1) is 0 Å². The number of nitrogens with one attached hydrogen (secondary N) is 1. The van der Waals surface area contributed by atoms with Crippen LogP contribution < -0.4 is 20.7 Å². The van der Waals surface area contributed by atoms with Gasteiger partial charge in [-0.3, -0.25) is 9.36 Å². The number of aliphatic hydroxyl groups excluding tert-OH is 2. The maximum Gasteiger partial charge on any atom is 0.252 e. The molecule has 3 aromatic rings. The molecule has 0 unspecified atom stereocenters. The second-order valence-electron chi connectivity index (χ2n) is 8.28. The monoisotopic (exact) mass is 523 g/mol. The molecule has 0 radical (unpaired) electrons. The zero-order chi connectivity index (χ0) is 24.9. The van der Waals surface area contributed by atoms with E-state index in [0.29, 0.717) is 52.5 Å². The molecule has 2 aliphatic heterocycles. The first-order chi connectivity index (χ1) is 16.8. The predicted molar refractivity (Wildman–Crippen MR) is 127 cm³/mol. The number of rotatable bonds is 6. The number of halogens is 2. The average Bonchev–Trinajstić information content (AvgIpc) is 3.34. The van der Waals surface area contributed by atoms with E-state index in [2.05, 4.69) is 20.3 Å². The van der Waals surface area contributed by atoms with Gasteiger partial charge in [-0.05, 0) is 19.1 Å². The van der Waals surface area contributed by atoms with Crippen molar-refractivity contribution in [3.05, 3.63) is 34.6 Å². The number of carbonyl (C=O) groups excluding carboxylic acids is 1. The number of benzene rings is 1. The third kappa shape index (κ3) is 4.32. The molecular weight excluding hydrogens is 501 g/mol. The molecule has 2 fully saturated rings. The average molecular weight is 524 g/mol. The second-order valence-corrected chi connectivity index (χ2v) is 9.09. The molecule has 2 saturated heterocycles. The van der Waals surface area contributed by atoms with Gasteiger partial charge in [-0.2, -0.15) is 9.97 Å². The number of hydrogen-bond acceptors (Lipinski definition) is 10. The predicted octanol–water partition coefficient (Wildman–Crippen LogP) is 0.738. The standard InChI is InChI=1S/C21H23Cl2N7O5/c1-2-25-19(33)16-14(31)15(32)20(35-16)30-8-26-13-17(24)27-21(28-18(13)30)29-6-10(7-29)34-9-3-4-11(22)12(23)5-9/h3-5,8,10,14-16,20,31-32H,2,6-7H2,1H3,(H,25,33)(H2,24,27,28)/t14-,15+,16-,20+/m0/s1. The summed E-state index contributed by atoms with van der Waals surface area (Å²) < 4.78 is 13.0. The van der Waals surface area contributed by atoms with Crippen LogP contribution in [0.4, 0.5) is 11.8 Å². The highest BCUT2D eigenvalue weighted by molar-refractivity contribution is 6.42. The Labute approximate surface area is 209 Å². The largest absolute Gasteiger partial charge is 0.487 e. The van der Waals surface area contributed by atoms with Crippen molar-refractivity contribution in [2.75, 3.05) is 30.3 Å². The molecule has 12 nitrogen and oxygen atoms in total. The summed E-state index contributed by atoms with van der Waals surface area (Å²) in [5, 5.41) is 24.4. The van der Waals surface area contributed by atoms with Gasteiger partial charge in [-0.15, -0.1) is 0 Å². The summed E-state index contributed by atoms with van der Waals surface area (Å²) in [4.78, 5) is 27.2. The van der Waals surface area contributed by atoms with Gasteiger partial charge in [0.25, 0.3) is 5.91 Å². The summed E-state index contributed by atoms with van der Waals surface area (Å²) in [7, 11) is 0.